The smallest absolute Gasteiger partial charge is 0.450 e. The number of piperidine rings is 2. The number of pyridine rings is 2. The molecule has 0 spiro atoms. The van der Waals surface area contributed by atoms with Gasteiger partial charge in [0.05, 0.1) is 16.7 Å². The zero-order chi connectivity index (χ0) is 48.2. The number of ether oxygens (including phenoxy) is 3. The fraction of sp³-hybridized carbons (Fsp3) is 0.741. The molecular weight excluding hydrogens is 941 g/mol. The van der Waals surface area contributed by atoms with Crippen LogP contribution in [0.2, 0.25) is 0 Å². The molecule has 11 aliphatic carbocycles. The third-order valence-corrected chi connectivity index (χ3v) is 22.1. The van der Waals surface area contributed by atoms with E-state index < -0.39 is 23.5 Å². The first kappa shape index (κ1) is 46.8. The second-order valence-corrected chi connectivity index (χ2v) is 26.8. The molecule has 2 aliphatic heterocycles. The number of hydrogen-bond donors (Lipinski definition) is 4. The summed E-state index contributed by atoms with van der Waals surface area (Å²) >= 11 is 3.49. The van der Waals surface area contributed by atoms with Gasteiger partial charge in [-0.25, -0.2) is 19.6 Å². The van der Waals surface area contributed by atoms with Crippen molar-refractivity contribution in [3.8, 4) is 0 Å². The highest BCUT2D eigenvalue weighted by Crippen LogP contribution is 2.58. The van der Waals surface area contributed by atoms with E-state index in [1.165, 1.54) is 25.7 Å². The average molecular weight is 1010 g/mol. The van der Waals surface area contributed by atoms with Gasteiger partial charge in [0.25, 0.3) is 11.8 Å². The number of aliphatic hydroxyl groups is 1. The number of hydrogen-bond acceptors (Lipinski definition) is 14. The molecule has 15 rings (SSSR count). The van der Waals surface area contributed by atoms with E-state index in [-0.39, 0.29) is 59.8 Å². The van der Waals surface area contributed by atoms with Gasteiger partial charge >= 0.3 is 12.3 Å². The second-order valence-electron chi connectivity index (χ2n) is 24.2. The maximum Gasteiger partial charge on any atom is 0.509 e. The van der Waals surface area contributed by atoms with Gasteiger partial charge < -0.3 is 44.9 Å². The molecule has 0 radical (unpaired) electrons. The number of anilines is 2. The van der Waals surface area contributed by atoms with E-state index in [9.17, 15) is 24.3 Å². The third-order valence-electron chi connectivity index (χ3n) is 19.4. The number of carbonyl (C=O) groups is 4. The molecular formula is C54H70N6O9S2. The molecule has 2 aromatic heterocycles. The lowest BCUT2D eigenvalue weighted by Crippen LogP contribution is -2.62. The number of nitrogens with one attached hydrogen (secondary N) is 2. The van der Waals surface area contributed by atoms with Gasteiger partial charge in [0.2, 0.25) is 0 Å². The molecule has 11 saturated carbocycles. The highest BCUT2D eigenvalue weighted by Gasteiger charge is 2.60. The maximum atomic E-state index is 14.3. The van der Waals surface area contributed by atoms with Crippen molar-refractivity contribution in [3.05, 3.63) is 35.4 Å². The van der Waals surface area contributed by atoms with Gasteiger partial charge in [-0.05, 0) is 150 Å². The Kier molecular flexibility index (Phi) is 12.2. The van der Waals surface area contributed by atoms with Crippen molar-refractivity contribution in [1.82, 2.24) is 20.6 Å². The number of nitrogens with zero attached hydrogens (tertiary/aromatic N) is 4. The van der Waals surface area contributed by atoms with Crippen LogP contribution in [0.1, 0.15) is 149 Å². The van der Waals surface area contributed by atoms with Gasteiger partial charge in [-0.1, -0.05) is 25.7 Å². The van der Waals surface area contributed by atoms with Gasteiger partial charge in [-0.15, -0.1) is 23.5 Å². The van der Waals surface area contributed by atoms with Gasteiger partial charge in [0.1, 0.15) is 39.5 Å². The normalized spacial score (nSPS) is 37.8. The molecule has 2 aromatic rings. The number of amides is 2. The van der Waals surface area contributed by atoms with Gasteiger partial charge in [0, 0.05) is 73.4 Å². The highest BCUT2D eigenvalue weighted by atomic mass is 32.2. The van der Waals surface area contributed by atoms with Crippen molar-refractivity contribution in [2.75, 3.05) is 36.0 Å². The number of carbonyl (C=O) groups excluding carboxylic acids is 3. The molecule has 13 aliphatic rings. The fourth-order valence-corrected chi connectivity index (χ4v) is 19.2. The summed E-state index contributed by atoms with van der Waals surface area (Å²) in [5.41, 5.74) is 0.162. The summed E-state index contributed by atoms with van der Waals surface area (Å²) in [5, 5.41) is 29.7. The lowest BCUT2D eigenvalue weighted by atomic mass is 9.52. The van der Waals surface area contributed by atoms with Crippen LogP contribution in [0.25, 0.3) is 0 Å². The van der Waals surface area contributed by atoms with E-state index in [2.05, 4.69) is 20.4 Å². The molecule has 2 saturated heterocycles. The monoisotopic (exact) mass is 1010 g/mol. The van der Waals surface area contributed by atoms with Crippen LogP contribution < -0.4 is 20.4 Å². The SMILES string of the molecule is O=C(O)OC1[C@H]2CN(c3ccc(C(=O)N[C@H]4C5CC6CC4C[C@@](OC(=O)OC4CCN(c7ccc(C(=O)N[C@H]8C9CC%10CC8C[C@@](O)(C%10)C9)c(SC8CCCC8)n7)CC4)(C6)C5)c(SC4CCCC4)n3)C[C@@H]12. The molecule has 15 nitrogen and oxygen atoms in total. The van der Waals surface area contributed by atoms with E-state index in [1.54, 1.807) is 23.5 Å². The van der Waals surface area contributed by atoms with Crippen molar-refractivity contribution in [1.29, 1.82) is 0 Å². The largest absolute Gasteiger partial charge is 0.509 e. The number of rotatable bonds is 13. The van der Waals surface area contributed by atoms with E-state index >= 15 is 0 Å². The minimum Gasteiger partial charge on any atom is -0.450 e. The molecule has 13 fully saturated rings. The predicted octanol–water partition coefficient (Wildman–Crippen LogP) is 8.84. The van der Waals surface area contributed by atoms with Crippen LogP contribution in [0.5, 0.6) is 0 Å². The summed E-state index contributed by atoms with van der Waals surface area (Å²) in [4.78, 5) is 68.0. The summed E-state index contributed by atoms with van der Waals surface area (Å²) in [6.07, 6.45) is 17.3. The van der Waals surface area contributed by atoms with Crippen LogP contribution in [0.15, 0.2) is 34.3 Å². The van der Waals surface area contributed by atoms with Gasteiger partial charge in [0.15, 0.2) is 0 Å². The second kappa shape index (κ2) is 18.5. The minimum atomic E-state index is -1.22. The minimum absolute atomic E-state index is 0.00273. The molecule has 2 amide bonds. The van der Waals surface area contributed by atoms with Crippen LogP contribution >= 0.6 is 23.5 Å². The maximum absolute atomic E-state index is 14.3. The van der Waals surface area contributed by atoms with E-state index in [0.29, 0.717) is 84.3 Å². The van der Waals surface area contributed by atoms with Crippen molar-refractivity contribution in [3.63, 3.8) is 0 Å². The van der Waals surface area contributed by atoms with Gasteiger partial charge in [-0.3, -0.25) is 9.59 Å². The lowest BCUT2D eigenvalue weighted by molar-refractivity contribution is -0.156. The molecule has 7 atom stereocenters. The first-order valence-corrected chi connectivity index (χ1v) is 29.1. The Morgan fingerprint density at radius 1 is 0.620 bits per heavy atom. The topological polar surface area (TPSA) is 193 Å². The Balaban J connectivity index is 0.619. The molecule has 71 heavy (non-hydrogen) atoms. The van der Waals surface area contributed by atoms with Crippen LogP contribution in [0.3, 0.4) is 0 Å². The van der Waals surface area contributed by atoms with Gasteiger partial charge in [-0.2, -0.15) is 0 Å². The van der Waals surface area contributed by atoms with E-state index in [1.807, 2.05) is 24.3 Å². The summed E-state index contributed by atoms with van der Waals surface area (Å²) in [7, 11) is 0. The number of fused-ring (bicyclic) bond motifs is 1. The van der Waals surface area contributed by atoms with E-state index in [0.717, 1.165) is 112 Å². The van der Waals surface area contributed by atoms with E-state index in [4.69, 9.17) is 29.3 Å². The predicted molar refractivity (Wildman–Crippen MR) is 267 cm³/mol. The average Bonchev–Trinajstić information content (AvgIpc) is 3.90. The lowest BCUT2D eigenvalue weighted by Gasteiger charge is -2.58. The van der Waals surface area contributed by atoms with Crippen molar-refractivity contribution < 1.29 is 43.6 Å². The molecule has 4 N–H and O–H groups in total. The Hall–Kier alpha value is -3.96. The molecule has 17 heteroatoms. The Morgan fingerprint density at radius 3 is 1.62 bits per heavy atom. The number of carboxylic acid groups (broad SMARTS) is 1. The van der Waals surface area contributed by atoms with Crippen LogP contribution in [0.4, 0.5) is 21.2 Å². The first-order chi connectivity index (χ1) is 34.4. The van der Waals surface area contributed by atoms with Crippen molar-refractivity contribution in [2.45, 2.75) is 184 Å². The van der Waals surface area contributed by atoms with Crippen LogP contribution in [0, 0.1) is 47.3 Å². The summed E-state index contributed by atoms with van der Waals surface area (Å²) in [6.45, 7) is 2.76. The molecule has 4 heterocycles. The van der Waals surface area contributed by atoms with Crippen LogP contribution in [-0.4, -0.2) is 116 Å². The molecule has 5 unspecified atom stereocenters. The zero-order valence-corrected chi connectivity index (χ0v) is 42.4. The number of aromatic nitrogens is 2. The fourth-order valence-electron chi connectivity index (χ4n) is 16.5. The number of thioether (sulfide) groups is 2. The Labute approximate surface area is 424 Å². The molecule has 382 valence electrons. The summed E-state index contributed by atoms with van der Waals surface area (Å²) in [5.74, 6) is 4.09. The standard InChI is InChI=1S/C54H70N6O9S2/c61-47(57-44-31-17-29-18-32(44)24-53(66,21-29)23-31)38-9-11-42(55-49(38)70-36-5-1-2-6-36)59-15-13-35(14-16-59)67-52(65)69-54-22-30-19-33(25-54)45(34(20-30)26-54)58-48(62)39-10-12-43(56-50(39)71-37-7-3-4-8-37)60-27-40-41(28-60)46(40)68-51(63)64/h9-12,29-37,40-41,44-46,66H,1-8,13-28H2,(H,57,61)(H,58,62)(H,63,64)/t29?,30?,31?,32?,33?,34?,40-,41+,44-,45-,46?,53+,54+. The zero-order valence-electron chi connectivity index (χ0n) is 40.7. The molecule has 8 bridgehead atoms. The first-order valence-electron chi connectivity index (χ1n) is 27.4. The molecule has 0 aromatic carbocycles. The summed E-state index contributed by atoms with van der Waals surface area (Å²) < 4.78 is 17.6. The Morgan fingerprint density at radius 2 is 1.11 bits per heavy atom. The van der Waals surface area contributed by atoms with Crippen molar-refractivity contribution in [2.24, 2.45) is 47.3 Å². The van der Waals surface area contributed by atoms with Crippen molar-refractivity contribution >= 4 is 59.3 Å². The summed E-state index contributed by atoms with van der Waals surface area (Å²) in [6, 6.07) is 7.95. The third kappa shape index (κ3) is 9.26. The quantitative estimate of drug-likeness (QED) is 0.139. The Bertz CT molecular complexity index is 2380. The highest BCUT2D eigenvalue weighted by molar-refractivity contribution is 8.00. The van der Waals surface area contributed by atoms with Crippen LogP contribution in [-0.2, 0) is 14.2 Å².